The Morgan fingerprint density at radius 2 is 2.00 bits per heavy atom. The molecule has 5 nitrogen and oxygen atoms in total. The van der Waals surface area contributed by atoms with Crippen molar-refractivity contribution in [2.24, 2.45) is 0 Å². The van der Waals surface area contributed by atoms with E-state index in [-0.39, 0.29) is 12.3 Å². The second-order valence-corrected chi connectivity index (χ2v) is 4.58. The molecule has 0 aliphatic heterocycles. The molecule has 0 aliphatic rings. The molecule has 0 radical (unpaired) electrons. The van der Waals surface area contributed by atoms with Crippen LogP contribution >= 0.6 is 0 Å². The van der Waals surface area contributed by atoms with Gasteiger partial charge in [-0.1, -0.05) is 36.3 Å². The number of pyridine rings is 1. The number of esters is 1. The van der Waals surface area contributed by atoms with Crippen molar-refractivity contribution in [3.8, 4) is 17.6 Å². The topological polar surface area (TPSA) is 68.7 Å². The van der Waals surface area contributed by atoms with Gasteiger partial charge in [-0.3, -0.25) is 0 Å². The summed E-state index contributed by atoms with van der Waals surface area (Å²) >= 11 is 0. The molecule has 0 fully saturated rings. The van der Waals surface area contributed by atoms with E-state index in [0.717, 1.165) is 5.56 Å². The maximum atomic E-state index is 11.6. The van der Waals surface area contributed by atoms with Gasteiger partial charge in [0.2, 0.25) is 0 Å². The molecule has 1 N–H and O–H groups in total. The SMILES string of the molecule is COC(=O)c1ccc(OCc2ccccc2)c(C#CCCO)n1. The Morgan fingerprint density at radius 1 is 1.22 bits per heavy atom. The molecule has 0 saturated carbocycles. The van der Waals surface area contributed by atoms with Gasteiger partial charge in [0.15, 0.2) is 11.4 Å². The average molecular weight is 311 g/mol. The normalized spacial score (nSPS) is 9.65. The summed E-state index contributed by atoms with van der Waals surface area (Å²) in [6.45, 7) is 0.332. The van der Waals surface area contributed by atoms with E-state index in [4.69, 9.17) is 9.84 Å². The molecule has 23 heavy (non-hydrogen) atoms. The van der Waals surface area contributed by atoms with Gasteiger partial charge in [0, 0.05) is 6.42 Å². The van der Waals surface area contributed by atoms with Gasteiger partial charge in [-0.15, -0.1) is 0 Å². The van der Waals surface area contributed by atoms with Crippen LogP contribution in [0.5, 0.6) is 5.75 Å². The fraction of sp³-hybridized carbons (Fsp3) is 0.222. The Bertz CT molecular complexity index is 717. The van der Waals surface area contributed by atoms with Crippen molar-refractivity contribution in [2.75, 3.05) is 13.7 Å². The first-order valence-electron chi connectivity index (χ1n) is 7.10. The highest BCUT2D eigenvalue weighted by Crippen LogP contribution is 2.18. The number of aliphatic hydroxyl groups is 1. The highest BCUT2D eigenvalue weighted by molar-refractivity contribution is 5.87. The Morgan fingerprint density at radius 3 is 2.70 bits per heavy atom. The van der Waals surface area contributed by atoms with E-state index in [2.05, 4.69) is 21.6 Å². The van der Waals surface area contributed by atoms with Crippen LogP contribution in [-0.4, -0.2) is 29.8 Å². The van der Waals surface area contributed by atoms with Crippen molar-refractivity contribution < 1.29 is 19.4 Å². The maximum absolute atomic E-state index is 11.6. The molecule has 2 aromatic rings. The molecule has 1 aromatic carbocycles. The first-order valence-corrected chi connectivity index (χ1v) is 7.10. The number of aliphatic hydroxyl groups excluding tert-OH is 1. The Labute approximate surface area is 134 Å². The molecule has 118 valence electrons. The van der Waals surface area contributed by atoms with E-state index in [1.807, 2.05) is 30.3 Å². The second kappa shape index (κ2) is 8.57. The molecule has 0 amide bonds. The lowest BCUT2D eigenvalue weighted by Gasteiger charge is -2.09. The zero-order valence-corrected chi connectivity index (χ0v) is 12.8. The first-order chi connectivity index (χ1) is 11.2. The number of rotatable bonds is 5. The van der Waals surface area contributed by atoms with Crippen LogP contribution in [0.15, 0.2) is 42.5 Å². The lowest BCUT2D eigenvalue weighted by molar-refractivity contribution is 0.0594. The summed E-state index contributed by atoms with van der Waals surface area (Å²) in [5.74, 6) is 5.54. The molecule has 1 heterocycles. The van der Waals surface area contributed by atoms with E-state index in [0.29, 0.717) is 24.5 Å². The van der Waals surface area contributed by atoms with Gasteiger partial charge >= 0.3 is 5.97 Å². The number of carbonyl (C=O) groups excluding carboxylic acids is 1. The average Bonchev–Trinajstić information content (AvgIpc) is 2.61. The molecule has 5 heteroatoms. The van der Waals surface area contributed by atoms with E-state index in [1.165, 1.54) is 13.2 Å². The Balaban J connectivity index is 2.23. The van der Waals surface area contributed by atoms with Gasteiger partial charge in [-0.05, 0) is 23.6 Å². The molecule has 0 unspecified atom stereocenters. The van der Waals surface area contributed by atoms with Crippen LogP contribution in [0.25, 0.3) is 0 Å². The van der Waals surface area contributed by atoms with Gasteiger partial charge in [0.25, 0.3) is 0 Å². The molecule has 2 rings (SSSR count). The fourth-order valence-corrected chi connectivity index (χ4v) is 1.81. The minimum Gasteiger partial charge on any atom is -0.486 e. The molecular weight excluding hydrogens is 294 g/mol. The van der Waals surface area contributed by atoms with Crippen molar-refractivity contribution in [2.45, 2.75) is 13.0 Å². The number of carbonyl (C=O) groups is 1. The van der Waals surface area contributed by atoms with Crippen molar-refractivity contribution >= 4 is 5.97 Å². The highest BCUT2D eigenvalue weighted by atomic mass is 16.5. The molecule has 0 atom stereocenters. The van der Waals surface area contributed by atoms with E-state index < -0.39 is 5.97 Å². The van der Waals surface area contributed by atoms with Gasteiger partial charge in [-0.25, -0.2) is 9.78 Å². The lowest BCUT2D eigenvalue weighted by atomic mass is 10.2. The highest BCUT2D eigenvalue weighted by Gasteiger charge is 2.11. The van der Waals surface area contributed by atoms with Gasteiger partial charge in [0.05, 0.1) is 13.7 Å². The van der Waals surface area contributed by atoms with Crippen molar-refractivity contribution in [3.05, 3.63) is 59.4 Å². The van der Waals surface area contributed by atoms with Crippen molar-refractivity contribution in [1.82, 2.24) is 4.98 Å². The summed E-state index contributed by atoms with van der Waals surface area (Å²) in [6, 6.07) is 12.9. The van der Waals surface area contributed by atoms with Gasteiger partial charge in [0.1, 0.15) is 12.3 Å². The number of hydrogen-bond acceptors (Lipinski definition) is 5. The van der Waals surface area contributed by atoms with Crippen LogP contribution < -0.4 is 4.74 Å². The molecule has 0 spiro atoms. The summed E-state index contributed by atoms with van der Waals surface area (Å²) in [5, 5.41) is 8.82. The second-order valence-electron chi connectivity index (χ2n) is 4.58. The predicted molar refractivity (Wildman–Crippen MR) is 84.9 cm³/mol. The standard InChI is InChI=1S/C18H17NO4/c1-22-18(21)16-10-11-17(15(19-16)9-5-6-12-20)23-13-14-7-3-2-4-8-14/h2-4,7-8,10-11,20H,6,12-13H2,1H3. The molecule has 0 bridgehead atoms. The number of ether oxygens (including phenoxy) is 2. The number of hydrogen-bond donors (Lipinski definition) is 1. The number of methoxy groups -OCH3 is 1. The summed E-state index contributed by atoms with van der Waals surface area (Å²) < 4.78 is 10.4. The van der Waals surface area contributed by atoms with Crippen LogP contribution in [0.2, 0.25) is 0 Å². The number of benzene rings is 1. The number of aromatic nitrogens is 1. The zero-order valence-electron chi connectivity index (χ0n) is 12.8. The van der Waals surface area contributed by atoms with Crippen molar-refractivity contribution in [1.29, 1.82) is 0 Å². The third-order valence-electron chi connectivity index (χ3n) is 2.93. The molecule has 0 saturated heterocycles. The summed E-state index contributed by atoms with van der Waals surface area (Å²) in [7, 11) is 1.29. The fourth-order valence-electron chi connectivity index (χ4n) is 1.81. The third-order valence-corrected chi connectivity index (χ3v) is 2.93. The van der Waals surface area contributed by atoms with E-state index in [1.54, 1.807) is 6.07 Å². The summed E-state index contributed by atoms with van der Waals surface area (Å²) in [5.41, 5.74) is 1.52. The van der Waals surface area contributed by atoms with Crippen LogP contribution in [0.3, 0.4) is 0 Å². The summed E-state index contributed by atoms with van der Waals surface area (Å²) in [4.78, 5) is 15.7. The predicted octanol–water partition coefficient (Wildman–Crippen LogP) is 2.18. The minimum atomic E-state index is -0.537. The van der Waals surface area contributed by atoms with Gasteiger partial charge in [-0.2, -0.15) is 0 Å². The van der Waals surface area contributed by atoms with Crippen LogP contribution in [0.4, 0.5) is 0 Å². The van der Waals surface area contributed by atoms with Crippen LogP contribution in [0, 0.1) is 11.8 Å². The smallest absolute Gasteiger partial charge is 0.356 e. The summed E-state index contributed by atoms with van der Waals surface area (Å²) in [6.07, 6.45) is 0.322. The zero-order chi connectivity index (χ0) is 16.5. The van der Waals surface area contributed by atoms with Crippen LogP contribution in [-0.2, 0) is 11.3 Å². The lowest BCUT2D eigenvalue weighted by Crippen LogP contribution is -2.07. The van der Waals surface area contributed by atoms with E-state index >= 15 is 0 Å². The molecule has 1 aromatic heterocycles. The Kier molecular flexibility index (Phi) is 6.16. The monoisotopic (exact) mass is 311 g/mol. The number of nitrogens with zero attached hydrogens (tertiary/aromatic N) is 1. The largest absolute Gasteiger partial charge is 0.486 e. The molecular formula is C18H17NO4. The molecule has 0 aliphatic carbocycles. The van der Waals surface area contributed by atoms with Gasteiger partial charge < -0.3 is 14.6 Å². The van der Waals surface area contributed by atoms with E-state index in [9.17, 15) is 4.79 Å². The first kappa shape index (κ1) is 16.5. The third kappa shape index (κ3) is 4.83. The maximum Gasteiger partial charge on any atom is 0.356 e. The minimum absolute atomic E-state index is 0.0378. The van der Waals surface area contributed by atoms with Crippen molar-refractivity contribution in [3.63, 3.8) is 0 Å². The van der Waals surface area contributed by atoms with Crippen LogP contribution in [0.1, 0.15) is 28.2 Å². The quantitative estimate of drug-likeness (QED) is 0.677. The Hall–Kier alpha value is -2.84.